The summed E-state index contributed by atoms with van der Waals surface area (Å²) < 4.78 is 24.9. The Kier molecular flexibility index (Phi) is 3.68. The fourth-order valence-electron chi connectivity index (χ4n) is 1.14. The summed E-state index contributed by atoms with van der Waals surface area (Å²) in [5, 5.41) is 8.54. The number of nitrogens with zero attached hydrogens (tertiary/aromatic N) is 1. The molecule has 1 aromatic rings. The van der Waals surface area contributed by atoms with E-state index in [1.54, 1.807) is 0 Å². The predicted molar refractivity (Wildman–Crippen MR) is 48.5 cm³/mol. The van der Waals surface area contributed by atoms with Crippen molar-refractivity contribution in [1.29, 1.82) is 0 Å². The van der Waals surface area contributed by atoms with Gasteiger partial charge in [-0.15, -0.1) is 0 Å². The van der Waals surface area contributed by atoms with E-state index < -0.39 is 24.1 Å². The minimum atomic E-state index is -2.72. The first-order valence-electron chi connectivity index (χ1n) is 4.22. The van der Waals surface area contributed by atoms with Gasteiger partial charge in [-0.2, -0.15) is 0 Å². The van der Waals surface area contributed by atoms with E-state index in [4.69, 9.17) is 10.8 Å². The second-order valence-corrected chi connectivity index (χ2v) is 3.00. The van der Waals surface area contributed by atoms with E-state index in [2.05, 4.69) is 4.98 Å². The predicted octanol–water partition coefficient (Wildman–Crippen LogP) is 0.974. The number of aromatic nitrogens is 1. The Morgan fingerprint density at radius 3 is 2.80 bits per heavy atom. The van der Waals surface area contributed by atoms with Gasteiger partial charge < -0.3 is 10.8 Å². The Bertz CT molecular complexity index is 358. The number of aliphatic carboxylic acids is 1. The van der Waals surface area contributed by atoms with Crippen LogP contribution in [0.25, 0.3) is 0 Å². The van der Waals surface area contributed by atoms with Crippen molar-refractivity contribution < 1.29 is 18.7 Å². The van der Waals surface area contributed by atoms with Crippen molar-refractivity contribution in [2.24, 2.45) is 5.73 Å². The highest BCUT2D eigenvalue weighted by atomic mass is 19.3. The summed E-state index contributed by atoms with van der Waals surface area (Å²) in [6.07, 6.45) is -1.64. The lowest BCUT2D eigenvalue weighted by atomic mass is 10.1. The Balaban J connectivity index is 2.89. The topological polar surface area (TPSA) is 76.2 Å². The van der Waals surface area contributed by atoms with Crippen LogP contribution in [0.4, 0.5) is 8.78 Å². The molecule has 82 valence electrons. The van der Waals surface area contributed by atoms with E-state index in [0.29, 0.717) is 0 Å². The second kappa shape index (κ2) is 4.79. The quantitative estimate of drug-likeness (QED) is 0.786. The molecule has 3 N–H and O–H groups in total. The van der Waals surface area contributed by atoms with E-state index in [1.807, 2.05) is 0 Å². The molecule has 15 heavy (non-hydrogen) atoms. The fraction of sp³-hybridized carbons (Fsp3) is 0.333. The van der Waals surface area contributed by atoms with E-state index >= 15 is 0 Å². The molecule has 0 aliphatic rings. The molecule has 1 atom stereocenters. The first-order valence-corrected chi connectivity index (χ1v) is 4.22. The lowest BCUT2D eigenvalue weighted by Crippen LogP contribution is -2.32. The first kappa shape index (κ1) is 11.5. The van der Waals surface area contributed by atoms with Crippen LogP contribution in [-0.2, 0) is 11.2 Å². The number of rotatable bonds is 4. The molecule has 0 radical (unpaired) electrons. The van der Waals surface area contributed by atoms with Gasteiger partial charge >= 0.3 is 5.97 Å². The fourth-order valence-corrected chi connectivity index (χ4v) is 1.14. The van der Waals surface area contributed by atoms with Crippen LogP contribution in [0.3, 0.4) is 0 Å². The summed E-state index contributed by atoms with van der Waals surface area (Å²) in [5.74, 6) is -1.22. The molecule has 4 nitrogen and oxygen atoms in total. The molecule has 0 saturated heterocycles. The molecule has 0 amide bonds. The number of alkyl halides is 2. The number of hydrogen-bond donors (Lipinski definition) is 2. The van der Waals surface area contributed by atoms with Crippen molar-refractivity contribution in [2.45, 2.75) is 18.9 Å². The van der Waals surface area contributed by atoms with Gasteiger partial charge in [0.2, 0.25) is 0 Å². The maximum Gasteiger partial charge on any atom is 0.320 e. The number of nitrogens with two attached hydrogens (primary N) is 1. The summed E-state index contributed by atoms with van der Waals surface area (Å²) in [5.41, 5.74) is 5.01. The van der Waals surface area contributed by atoms with Gasteiger partial charge in [-0.05, 0) is 11.6 Å². The van der Waals surface area contributed by atoms with E-state index in [-0.39, 0.29) is 12.0 Å². The van der Waals surface area contributed by atoms with Crippen LogP contribution < -0.4 is 5.73 Å². The second-order valence-electron chi connectivity index (χ2n) is 3.00. The van der Waals surface area contributed by atoms with Crippen LogP contribution in [0.5, 0.6) is 0 Å². The zero-order valence-corrected chi connectivity index (χ0v) is 7.73. The zero-order valence-electron chi connectivity index (χ0n) is 7.73. The number of carboxylic acids is 1. The van der Waals surface area contributed by atoms with Crippen molar-refractivity contribution in [3.8, 4) is 0 Å². The Hall–Kier alpha value is -1.56. The Labute approximate surface area is 84.7 Å². The molecule has 0 bridgehead atoms. The maximum absolute atomic E-state index is 12.4. The van der Waals surface area contributed by atoms with Crippen LogP contribution in [-0.4, -0.2) is 22.1 Å². The summed E-state index contributed by atoms with van der Waals surface area (Å²) in [7, 11) is 0. The molecular formula is C9H10F2N2O2. The van der Waals surface area contributed by atoms with Gasteiger partial charge in [-0.1, -0.05) is 6.07 Å². The van der Waals surface area contributed by atoms with Gasteiger partial charge in [0.15, 0.2) is 0 Å². The normalized spacial score (nSPS) is 12.8. The van der Waals surface area contributed by atoms with Crippen LogP contribution in [0.2, 0.25) is 0 Å². The van der Waals surface area contributed by atoms with E-state index in [9.17, 15) is 13.6 Å². The third-order valence-corrected chi connectivity index (χ3v) is 1.89. The largest absolute Gasteiger partial charge is 0.480 e. The molecule has 1 aromatic heterocycles. The molecule has 1 rings (SSSR count). The van der Waals surface area contributed by atoms with Gasteiger partial charge in [-0.3, -0.25) is 9.78 Å². The molecule has 0 spiro atoms. The standard InChI is InChI=1S/C9H10F2N2O2/c10-8(11)7-5(2-1-3-13-7)4-6(12)9(14)15/h1-3,6,8H,4,12H2,(H,14,15). The average molecular weight is 216 g/mol. The van der Waals surface area contributed by atoms with Gasteiger partial charge in [0.25, 0.3) is 6.43 Å². The molecule has 1 unspecified atom stereocenters. The van der Waals surface area contributed by atoms with E-state index in [1.165, 1.54) is 18.3 Å². The molecule has 0 aliphatic carbocycles. The lowest BCUT2D eigenvalue weighted by molar-refractivity contribution is -0.138. The third-order valence-electron chi connectivity index (χ3n) is 1.89. The van der Waals surface area contributed by atoms with Crippen LogP contribution in [0.15, 0.2) is 18.3 Å². The monoisotopic (exact) mass is 216 g/mol. The lowest BCUT2D eigenvalue weighted by Gasteiger charge is -2.09. The van der Waals surface area contributed by atoms with Gasteiger partial charge in [0.05, 0.1) is 0 Å². The van der Waals surface area contributed by atoms with Gasteiger partial charge in [-0.25, -0.2) is 8.78 Å². The number of pyridine rings is 1. The molecule has 1 heterocycles. The summed E-state index contributed by atoms with van der Waals surface area (Å²) in [4.78, 5) is 13.9. The zero-order chi connectivity index (χ0) is 11.4. The highest BCUT2D eigenvalue weighted by Crippen LogP contribution is 2.20. The minimum Gasteiger partial charge on any atom is -0.480 e. The van der Waals surface area contributed by atoms with Gasteiger partial charge in [0, 0.05) is 12.6 Å². The average Bonchev–Trinajstić information content (AvgIpc) is 2.18. The molecule has 0 fully saturated rings. The SMILES string of the molecule is NC(Cc1cccnc1C(F)F)C(=O)O. The summed E-state index contributed by atoms with van der Waals surface area (Å²) >= 11 is 0. The van der Waals surface area contributed by atoms with Crippen LogP contribution in [0, 0.1) is 0 Å². The van der Waals surface area contributed by atoms with Crippen molar-refractivity contribution in [3.05, 3.63) is 29.6 Å². The molecular weight excluding hydrogens is 206 g/mol. The summed E-state index contributed by atoms with van der Waals surface area (Å²) in [6, 6.07) is 1.68. The molecule has 0 aliphatic heterocycles. The van der Waals surface area contributed by atoms with Crippen molar-refractivity contribution in [2.75, 3.05) is 0 Å². The van der Waals surface area contributed by atoms with Crippen LogP contribution >= 0.6 is 0 Å². The number of hydrogen-bond acceptors (Lipinski definition) is 3. The van der Waals surface area contributed by atoms with Gasteiger partial charge in [0.1, 0.15) is 11.7 Å². The number of carbonyl (C=O) groups is 1. The highest BCUT2D eigenvalue weighted by molar-refractivity contribution is 5.73. The van der Waals surface area contributed by atoms with Crippen molar-refractivity contribution in [3.63, 3.8) is 0 Å². The minimum absolute atomic E-state index is 0.150. The molecule has 6 heteroatoms. The van der Waals surface area contributed by atoms with Crippen LogP contribution in [0.1, 0.15) is 17.7 Å². The third kappa shape index (κ3) is 2.95. The molecule has 0 saturated carbocycles. The Morgan fingerprint density at radius 2 is 2.27 bits per heavy atom. The first-order chi connectivity index (χ1) is 7.02. The number of halogens is 2. The van der Waals surface area contributed by atoms with Crippen molar-refractivity contribution >= 4 is 5.97 Å². The highest BCUT2D eigenvalue weighted by Gasteiger charge is 2.19. The number of carboxylic acid groups (broad SMARTS) is 1. The van der Waals surface area contributed by atoms with Crippen molar-refractivity contribution in [1.82, 2.24) is 4.98 Å². The van der Waals surface area contributed by atoms with E-state index in [0.717, 1.165) is 0 Å². The molecule has 0 aromatic carbocycles. The Morgan fingerprint density at radius 1 is 1.60 bits per heavy atom. The smallest absolute Gasteiger partial charge is 0.320 e. The summed E-state index contributed by atoms with van der Waals surface area (Å²) in [6.45, 7) is 0. The maximum atomic E-state index is 12.4.